The molecule has 0 aromatic rings. The maximum atomic E-state index is 11.0. The van der Waals surface area contributed by atoms with E-state index in [9.17, 15) is 29.1 Å². The number of hydrogen-bond acceptors (Lipinski definition) is 9. The van der Waals surface area contributed by atoms with Crippen molar-refractivity contribution in [2.75, 3.05) is 58.9 Å². The van der Waals surface area contributed by atoms with Gasteiger partial charge in [-0.3, -0.25) is 33.9 Å². The number of aliphatic carboxylic acids is 5. The van der Waals surface area contributed by atoms with Crippen LogP contribution in [-0.2, 0) is 41.0 Å². The minimum atomic E-state index is -1.49. The van der Waals surface area contributed by atoms with Crippen LogP contribution in [0.1, 0.15) is 0 Å². The molecule has 0 heterocycles. The second-order valence-corrected chi connectivity index (χ2v) is 5.64. The van der Waals surface area contributed by atoms with Gasteiger partial charge < -0.3 is 42.6 Å². The number of carboxylic acid groups (broad SMARTS) is 5. The van der Waals surface area contributed by atoms with E-state index < -0.39 is 62.6 Å². The van der Waals surface area contributed by atoms with Gasteiger partial charge in [0.15, 0.2) is 0 Å². The quantitative estimate of drug-likeness (QED) is 0.117. The molecule has 0 spiro atoms. The van der Waals surface area contributed by atoms with Gasteiger partial charge in [-0.15, -0.1) is 0 Å². The van der Waals surface area contributed by atoms with Crippen molar-refractivity contribution in [3.63, 3.8) is 0 Å². The zero-order chi connectivity index (χ0) is 21.0. The number of carbonyl (C=O) groups excluding carboxylic acids is 1. The summed E-state index contributed by atoms with van der Waals surface area (Å²) in [7, 11) is 0. The topological polar surface area (TPSA) is 272 Å². The first-order chi connectivity index (χ1) is 12.5. The van der Waals surface area contributed by atoms with Crippen molar-refractivity contribution in [1.82, 2.24) is 27.0 Å². The molecule has 0 amide bonds. The van der Waals surface area contributed by atoms with Crippen LogP contribution >= 0.6 is 0 Å². The van der Waals surface area contributed by atoms with Crippen LogP contribution in [0.2, 0.25) is 0 Å². The Hall–Kier alpha value is -2.33. The maximum Gasteiger partial charge on any atom is 0.317 e. The van der Waals surface area contributed by atoms with Crippen molar-refractivity contribution in [3.05, 3.63) is 0 Å². The Balaban J connectivity index is -0.00000113. The van der Waals surface area contributed by atoms with Crippen LogP contribution in [0.4, 0.5) is 0 Å². The minimum absolute atomic E-state index is 0. The fourth-order valence-electron chi connectivity index (χ4n) is 2.21. The van der Waals surface area contributed by atoms with E-state index in [2.05, 4.69) is 0 Å². The molecule has 0 radical (unpaired) electrons. The van der Waals surface area contributed by atoms with Crippen LogP contribution in [0.5, 0.6) is 0 Å². The Morgan fingerprint density at radius 1 is 0.533 bits per heavy atom. The Labute approximate surface area is 182 Å². The van der Waals surface area contributed by atoms with Gasteiger partial charge in [-0.25, -0.2) is 0 Å². The predicted octanol–water partition coefficient (Wildman–Crippen LogP) is -3.27. The van der Waals surface area contributed by atoms with Crippen molar-refractivity contribution in [2.45, 2.75) is 0 Å². The summed E-state index contributed by atoms with van der Waals surface area (Å²) < 4.78 is 0. The van der Waals surface area contributed by atoms with Crippen molar-refractivity contribution in [3.8, 4) is 0 Å². The molecule has 0 unspecified atom stereocenters. The average Bonchev–Trinajstić information content (AvgIpc) is 2.46. The van der Waals surface area contributed by atoms with Crippen LogP contribution in [0.15, 0.2) is 0 Å². The molecule has 0 aliphatic rings. The van der Waals surface area contributed by atoms with E-state index in [1.807, 2.05) is 0 Å². The van der Waals surface area contributed by atoms with Gasteiger partial charge in [-0.05, 0) is 0 Å². The number of carbonyl (C=O) groups is 5. The van der Waals surface area contributed by atoms with Gasteiger partial charge in [-0.1, -0.05) is 0 Å². The first kappa shape index (κ1) is 35.1. The normalized spacial score (nSPS) is 9.97. The molecule has 0 fully saturated rings. The fraction of sp³-hybridized carbons (Fsp3) is 0.643. The van der Waals surface area contributed by atoms with Crippen LogP contribution < -0.4 is 17.4 Å². The molecule has 0 saturated carbocycles. The summed E-state index contributed by atoms with van der Waals surface area (Å²) in [6, 6.07) is 0. The summed E-state index contributed by atoms with van der Waals surface area (Å²) in [5.74, 6) is -6.46. The van der Waals surface area contributed by atoms with Gasteiger partial charge in [0, 0.05) is 49.8 Å². The van der Waals surface area contributed by atoms with E-state index >= 15 is 0 Å². The zero-order valence-corrected chi connectivity index (χ0v) is 17.9. The van der Waals surface area contributed by atoms with Crippen molar-refractivity contribution in [1.29, 1.82) is 0 Å². The van der Waals surface area contributed by atoms with Crippen LogP contribution in [0.25, 0.3) is 0 Å². The molecule has 0 aromatic heterocycles. The first-order valence-electron chi connectivity index (χ1n) is 7.73. The number of quaternary nitrogens is 2. The monoisotopic (exact) mass is 484 g/mol. The maximum absolute atomic E-state index is 11.0. The van der Waals surface area contributed by atoms with Crippen LogP contribution in [-0.4, -0.2) is 124 Å². The molecule has 178 valence electrons. The summed E-state index contributed by atoms with van der Waals surface area (Å²) in [6.07, 6.45) is 0. The molecule has 0 saturated heterocycles. The SMILES string of the molecule is O=C([O-])CN(CCN(CCN(CC(=O)O)CC(=O)O)CC(=O)O)CC(=O)O.[Fe].[NH4+].[NH4+]. The minimum Gasteiger partial charge on any atom is -0.549 e. The van der Waals surface area contributed by atoms with E-state index in [1.54, 1.807) is 0 Å². The Kier molecular flexibility index (Phi) is 21.9. The number of hydrogen-bond donors (Lipinski definition) is 6. The van der Waals surface area contributed by atoms with E-state index in [0.29, 0.717) is 0 Å². The largest absolute Gasteiger partial charge is 0.549 e. The van der Waals surface area contributed by atoms with Crippen LogP contribution in [0.3, 0.4) is 0 Å². The second kappa shape index (κ2) is 18.7. The van der Waals surface area contributed by atoms with Crippen molar-refractivity contribution < 1.29 is 66.6 Å². The average molecular weight is 484 g/mol. The molecule has 0 aliphatic carbocycles. The molecule has 0 rings (SSSR count). The third-order valence-corrected chi connectivity index (χ3v) is 3.25. The number of nitrogens with zero attached hydrogens (tertiary/aromatic N) is 3. The Bertz CT molecular complexity index is 493. The number of carboxylic acids is 5. The molecule has 16 heteroatoms. The summed E-state index contributed by atoms with van der Waals surface area (Å²) in [5.41, 5.74) is 0. The molecule has 30 heavy (non-hydrogen) atoms. The molecule has 0 aliphatic heterocycles. The second-order valence-electron chi connectivity index (χ2n) is 5.64. The summed E-state index contributed by atoms with van der Waals surface area (Å²) in [4.78, 5) is 57.4. The van der Waals surface area contributed by atoms with Gasteiger partial charge in [0.2, 0.25) is 0 Å². The third-order valence-electron chi connectivity index (χ3n) is 3.25. The molecule has 0 atom stereocenters. The van der Waals surface area contributed by atoms with Crippen molar-refractivity contribution in [2.24, 2.45) is 0 Å². The number of rotatable bonds is 16. The summed E-state index contributed by atoms with van der Waals surface area (Å²) in [6.45, 7) is -3.01. The predicted molar refractivity (Wildman–Crippen MR) is 96.8 cm³/mol. The smallest absolute Gasteiger partial charge is 0.317 e. The van der Waals surface area contributed by atoms with Gasteiger partial charge >= 0.3 is 23.9 Å². The third kappa shape index (κ3) is 20.4. The van der Waals surface area contributed by atoms with Crippen LogP contribution in [0, 0.1) is 0 Å². The first-order valence-corrected chi connectivity index (χ1v) is 7.73. The van der Waals surface area contributed by atoms with E-state index in [-0.39, 0.29) is 55.5 Å². The summed E-state index contributed by atoms with van der Waals surface area (Å²) in [5, 5.41) is 45.9. The molecular weight excluding hydrogens is 454 g/mol. The Morgan fingerprint density at radius 2 is 0.767 bits per heavy atom. The molecular formula is C14H30FeN5O10+. The fourth-order valence-corrected chi connectivity index (χ4v) is 2.21. The van der Waals surface area contributed by atoms with Gasteiger partial charge in [0.1, 0.15) is 0 Å². The van der Waals surface area contributed by atoms with E-state index in [1.165, 1.54) is 4.90 Å². The van der Waals surface area contributed by atoms with E-state index in [0.717, 1.165) is 9.80 Å². The van der Waals surface area contributed by atoms with Gasteiger partial charge in [0.25, 0.3) is 0 Å². The summed E-state index contributed by atoms with van der Waals surface area (Å²) >= 11 is 0. The standard InChI is InChI=1S/C14H23N3O10.Fe.2H3N/c18-10(19)5-15(1-3-16(6-11(20)21)7-12(22)23)2-4-17(8-13(24)25)9-14(26)27;;;/h1-9H2,(H,18,19)(H,20,21)(H,22,23)(H,24,25)(H,26,27);;2*1H3/p+1. The molecule has 0 bridgehead atoms. The molecule has 15 nitrogen and oxygen atoms in total. The van der Waals surface area contributed by atoms with Gasteiger partial charge in [-0.2, -0.15) is 0 Å². The zero-order valence-electron chi connectivity index (χ0n) is 16.8. The van der Waals surface area contributed by atoms with Gasteiger partial charge in [0.05, 0.1) is 32.1 Å². The van der Waals surface area contributed by atoms with Crippen molar-refractivity contribution >= 4 is 29.8 Å². The molecule has 12 N–H and O–H groups in total. The van der Waals surface area contributed by atoms with E-state index in [4.69, 9.17) is 20.4 Å². The molecule has 0 aromatic carbocycles. The Morgan fingerprint density at radius 3 is 1.03 bits per heavy atom.